The van der Waals surface area contributed by atoms with Crippen LogP contribution in [-0.4, -0.2) is 13.2 Å². The predicted molar refractivity (Wildman–Crippen MR) is 76.5 cm³/mol. The van der Waals surface area contributed by atoms with E-state index in [2.05, 4.69) is 6.92 Å². The molecule has 0 aromatic heterocycles. The van der Waals surface area contributed by atoms with E-state index < -0.39 is 0 Å². The number of benzene rings is 2. The Kier molecular flexibility index (Phi) is 4.81. The maximum Gasteiger partial charge on any atom is 0.122 e. The highest BCUT2D eigenvalue weighted by Gasteiger charge is 1.97. The fraction of sp³-hybridized carbons (Fsp3) is 0.250. The minimum absolute atomic E-state index is 0.516. The van der Waals surface area contributed by atoms with Crippen molar-refractivity contribution < 1.29 is 9.47 Å². The molecule has 0 unspecified atom stereocenters. The molecule has 0 aliphatic rings. The molecule has 2 aromatic carbocycles. The summed E-state index contributed by atoms with van der Waals surface area (Å²) in [5, 5.41) is 0. The van der Waals surface area contributed by atoms with Crippen LogP contribution in [0.15, 0.2) is 48.5 Å². The second-order valence-corrected chi connectivity index (χ2v) is 4.36. The van der Waals surface area contributed by atoms with E-state index in [1.54, 1.807) is 0 Å². The van der Waals surface area contributed by atoms with Crippen LogP contribution in [0.25, 0.3) is 0 Å². The van der Waals surface area contributed by atoms with Gasteiger partial charge in [-0.25, -0.2) is 0 Å². The summed E-state index contributed by atoms with van der Waals surface area (Å²) in [5.41, 5.74) is 7.87. The first-order valence-electron chi connectivity index (χ1n) is 6.39. The number of aryl methyl sites for hydroxylation is 1. The second kappa shape index (κ2) is 6.81. The fourth-order valence-corrected chi connectivity index (χ4v) is 1.72. The van der Waals surface area contributed by atoms with E-state index in [0.717, 1.165) is 17.1 Å². The zero-order valence-corrected chi connectivity index (χ0v) is 11.1. The summed E-state index contributed by atoms with van der Waals surface area (Å²) < 4.78 is 11.2. The third-order valence-corrected chi connectivity index (χ3v) is 2.78. The van der Waals surface area contributed by atoms with Crippen molar-refractivity contribution in [2.24, 2.45) is 5.73 Å². The molecule has 3 heteroatoms. The molecule has 0 spiro atoms. The molecule has 2 rings (SSSR count). The van der Waals surface area contributed by atoms with Crippen LogP contribution in [0, 0.1) is 6.92 Å². The highest BCUT2D eigenvalue weighted by molar-refractivity contribution is 5.28. The van der Waals surface area contributed by atoms with Crippen molar-refractivity contribution in [3.63, 3.8) is 0 Å². The van der Waals surface area contributed by atoms with Crippen LogP contribution in [0.4, 0.5) is 0 Å². The highest BCUT2D eigenvalue weighted by atomic mass is 16.5. The van der Waals surface area contributed by atoms with Crippen LogP contribution in [-0.2, 0) is 6.54 Å². The zero-order chi connectivity index (χ0) is 13.5. The molecular weight excluding hydrogens is 238 g/mol. The lowest BCUT2D eigenvalue weighted by Gasteiger charge is -2.09. The Morgan fingerprint density at radius 3 is 2.26 bits per heavy atom. The number of ether oxygens (including phenoxy) is 2. The predicted octanol–water partition coefficient (Wildman–Crippen LogP) is 2.91. The average Bonchev–Trinajstić information content (AvgIpc) is 2.46. The van der Waals surface area contributed by atoms with E-state index in [0.29, 0.717) is 19.8 Å². The molecule has 2 N–H and O–H groups in total. The van der Waals surface area contributed by atoms with Crippen LogP contribution in [0.2, 0.25) is 0 Å². The van der Waals surface area contributed by atoms with Gasteiger partial charge in [-0.15, -0.1) is 0 Å². The third kappa shape index (κ3) is 4.30. The SMILES string of the molecule is Cc1ccc(OCCOc2cccc(CN)c2)cc1. The standard InChI is InChI=1S/C16H19NO2/c1-13-5-7-15(8-6-13)18-9-10-19-16-4-2-3-14(11-16)12-17/h2-8,11H,9-10,12,17H2,1H3. The van der Waals surface area contributed by atoms with Crippen LogP contribution >= 0.6 is 0 Å². The van der Waals surface area contributed by atoms with Crippen molar-refractivity contribution in [1.29, 1.82) is 0 Å². The molecule has 0 bridgehead atoms. The monoisotopic (exact) mass is 257 g/mol. The van der Waals surface area contributed by atoms with Crippen molar-refractivity contribution in [2.75, 3.05) is 13.2 Å². The van der Waals surface area contributed by atoms with E-state index in [9.17, 15) is 0 Å². The van der Waals surface area contributed by atoms with Crippen LogP contribution < -0.4 is 15.2 Å². The summed E-state index contributed by atoms with van der Waals surface area (Å²) in [6.07, 6.45) is 0. The van der Waals surface area contributed by atoms with Gasteiger partial charge in [-0.3, -0.25) is 0 Å². The average molecular weight is 257 g/mol. The van der Waals surface area contributed by atoms with Crippen molar-refractivity contribution in [3.05, 3.63) is 59.7 Å². The van der Waals surface area contributed by atoms with E-state index in [1.807, 2.05) is 48.5 Å². The molecule has 2 aromatic rings. The largest absolute Gasteiger partial charge is 0.490 e. The molecule has 0 saturated heterocycles. The molecule has 0 heterocycles. The molecular formula is C16H19NO2. The Labute approximate surface area is 114 Å². The van der Waals surface area contributed by atoms with Gasteiger partial charge in [-0.1, -0.05) is 29.8 Å². The highest BCUT2D eigenvalue weighted by Crippen LogP contribution is 2.14. The Hall–Kier alpha value is -2.00. The van der Waals surface area contributed by atoms with Gasteiger partial charge in [0.15, 0.2) is 0 Å². The maximum absolute atomic E-state index is 5.61. The number of hydrogen-bond acceptors (Lipinski definition) is 3. The van der Waals surface area contributed by atoms with Gasteiger partial charge in [0, 0.05) is 6.54 Å². The van der Waals surface area contributed by atoms with E-state index in [1.165, 1.54) is 5.56 Å². The van der Waals surface area contributed by atoms with Crippen molar-refractivity contribution in [1.82, 2.24) is 0 Å². The zero-order valence-electron chi connectivity index (χ0n) is 11.1. The van der Waals surface area contributed by atoms with Gasteiger partial charge >= 0.3 is 0 Å². The molecule has 0 aliphatic carbocycles. The topological polar surface area (TPSA) is 44.5 Å². The van der Waals surface area contributed by atoms with Gasteiger partial charge in [0.25, 0.3) is 0 Å². The van der Waals surface area contributed by atoms with Crippen molar-refractivity contribution in [3.8, 4) is 11.5 Å². The summed E-state index contributed by atoms with van der Waals surface area (Å²) in [6, 6.07) is 15.8. The maximum atomic E-state index is 5.61. The van der Waals surface area contributed by atoms with Gasteiger partial charge in [-0.2, -0.15) is 0 Å². The Morgan fingerprint density at radius 2 is 1.58 bits per heavy atom. The first kappa shape index (κ1) is 13.4. The molecule has 0 aliphatic heterocycles. The molecule has 0 radical (unpaired) electrons. The smallest absolute Gasteiger partial charge is 0.122 e. The summed E-state index contributed by atoms with van der Waals surface area (Å²) in [4.78, 5) is 0. The molecule has 0 fully saturated rings. The minimum atomic E-state index is 0.516. The summed E-state index contributed by atoms with van der Waals surface area (Å²) in [6.45, 7) is 3.62. The lowest BCUT2D eigenvalue weighted by molar-refractivity contribution is 0.217. The van der Waals surface area contributed by atoms with E-state index >= 15 is 0 Å². The molecule has 0 saturated carbocycles. The van der Waals surface area contributed by atoms with Gasteiger partial charge < -0.3 is 15.2 Å². The van der Waals surface area contributed by atoms with Crippen LogP contribution in [0.5, 0.6) is 11.5 Å². The first-order valence-corrected chi connectivity index (χ1v) is 6.39. The van der Waals surface area contributed by atoms with Crippen LogP contribution in [0.1, 0.15) is 11.1 Å². The second-order valence-electron chi connectivity index (χ2n) is 4.36. The lowest BCUT2D eigenvalue weighted by atomic mass is 10.2. The summed E-state index contributed by atoms with van der Waals surface area (Å²) in [5.74, 6) is 1.69. The molecule has 3 nitrogen and oxygen atoms in total. The summed E-state index contributed by atoms with van der Waals surface area (Å²) >= 11 is 0. The van der Waals surface area contributed by atoms with Gasteiger partial charge in [0.05, 0.1) is 0 Å². The van der Waals surface area contributed by atoms with Gasteiger partial charge in [-0.05, 0) is 36.8 Å². The molecule has 100 valence electrons. The lowest BCUT2D eigenvalue weighted by Crippen LogP contribution is -2.09. The minimum Gasteiger partial charge on any atom is -0.490 e. The van der Waals surface area contributed by atoms with E-state index in [-0.39, 0.29) is 0 Å². The molecule has 0 amide bonds. The number of hydrogen-bond donors (Lipinski definition) is 1. The Morgan fingerprint density at radius 1 is 0.895 bits per heavy atom. The van der Waals surface area contributed by atoms with Crippen molar-refractivity contribution in [2.45, 2.75) is 13.5 Å². The number of rotatable bonds is 6. The van der Waals surface area contributed by atoms with Gasteiger partial charge in [0.1, 0.15) is 24.7 Å². The van der Waals surface area contributed by atoms with Gasteiger partial charge in [0.2, 0.25) is 0 Å². The third-order valence-electron chi connectivity index (χ3n) is 2.78. The van der Waals surface area contributed by atoms with Crippen LogP contribution in [0.3, 0.4) is 0 Å². The fourth-order valence-electron chi connectivity index (χ4n) is 1.72. The normalized spacial score (nSPS) is 10.2. The Balaban J connectivity index is 1.75. The van der Waals surface area contributed by atoms with E-state index in [4.69, 9.17) is 15.2 Å². The first-order chi connectivity index (χ1) is 9.28. The number of nitrogens with two attached hydrogens (primary N) is 1. The Bertz CT molecular complexity index is 508. The molecule has 0 atom stereocenters. The quantitative estimate of drug-likeness (QED) is 0.809. The van der Waals surface area contributed by atoms with Crippen molar-refractivity contribution >= 4 is 0 Å². The summed E-state index contributed by atoms with van der Waals surface area (Å²) in [7, 11) is 0. The molecule has 19 heavy (non-hydrogen) atoms.